The molecule has 102 valence electrons. The van der Waals surface area contributed by atoms with Crippen LogP contribution in [-0.2, 0) is 19.4 Å². The lowest BCUT2D eigenvalue weighted by Gasteiger charge is -2.13. The van der Waals surface area contributed by atoms with Crippen molar-refractivity contribution < 1.29 is 5.11 Å². The topological polar surface area (TPSA) is 50.9 Å². The van der Waals surface area contributed by atoms with Crippen LogP contribution < -0.4 is 0 Å². The first-order chi connectivity index (χ1) is 9.15. The zero-order chi connectivity index (χ0) is 13.8. The molecule has 2 heterocycles. The van der Waals surface area contributed by atoms with Gasteiger partial charge < -0.3 is 5.11 Å². The third kappa shape index (κ3) is 3.01. The molecule has 0 saturated heterocycles. The summed E-state index contributed by atoms with van der Waals surface area (Å²) in [7, 11) is 0. The normalized spacial score (nSPS) is 12.6. The highest BCUT2D eigenvalue weighted by molar-refractivity contribution is 5.25. The number of aliphatic hydroxyl groups is 1. The predicted octanol–water partition coefficient (Wildman–Crippen LogP) is 2.44. The molecule has 2 aromatic rings. The highest BCUT2D eigenvalue weighted by Crippen LogP contribution is 2.21. The number of nitrogens with zero attached hydrogens (tertiary/aromatic N) is 3. The molecule has 1 atom stereocenters. The van der Waals surface area contributed by atoms with E-state index in [1.54, 1.807) is 12.4 Å². The van der Waals surface area contributed by atoms with E-state index in [-0.39, 0.29) is 0 Å². The van der Waals surface area contributed by atoms with Gasteiger partial charge >= 0.3 is 0 Å². The molecular formula is C15H21N3O. The van der Waals surface area contributed by atoms with Crippen LogP contribution >= 0.6 is 0 Å². The van der Waals surface area contributed by atoms with Gasteiger partial charge in [-0.2, -0.15) is 5.10 Å². The first-order valence-corrected chi connectivity index (χ1v) is 6.79. The van der Waals surface area contributed by atoms with Crippen LogP contribution in [0.4, 0.5) is 0 Å². The molecule has 0 aromatic carbocycles. The van der Waals surface area contributed by atoms with E-state index in [4.69, 9.17) is 0 Å². The van der Waals surface area contributed by atoms with E-state index in [9.17, 15) is 5.11 Å². The molecule has 19 heavy (non-hydrogen) atoms. The van der Waals surface area contributed by atoms with Crippen LogP contribution in [0.2, 0.25) is 0 Å². The molecule has 1 N–H and O–H groups in total. The fourth-order valence-electron chi connectivity index (χ4n) is 2.29. The molecule has 2 rings (SSSR count). The highest BCUT2D eigenvalue weighted by Gasteiger charge is 2.14. The molecule has 0 aliphatic carbocycles. The predicted molar refractivity (Wildman–Crippen MR) is 74.9 cm³/mol. The first kappa shape index (κ1) is 13.7. The third-order valence-corrected chi connectivity index (χ3v) is 3.40. The molecule has 0 bridgehead atoms. The Morgan fingerprint density at radius 2 is 2.16 bits per heavy atom. The monoisotopic (exact) mass is 259 g/mol. The minimum atomic E-state index is -0.505. The maximum Gasteiger partial charge on any atom is 0.0848 e. The van der Waals surface area contributed by atoms with Crippen molar-refractivity contribution in [1.29, 1.82) is 0 Å². The minimum Gasteiger partial charge on any atom is -0.388 e. The number of hydrogen-bond donors (Lipinski definition) is 1. The lowest BCUT2D eigenvalue weighted by atomic mass is 10.0. The van der Waals surface area contributed by atoms with Crippen molar-refractivity contribution in [1.82, 2.24) is 14.8 Å². The second-order valence-corrected chi connectivity index (χ2v) is 4.75. The number of rotatable bonds is 5. The van der Waals surface area contributed by atoms with Gasteiger partial charge in [-0.1, -0.05) is 6.92 Å². The molecule has 0 spiro atoms. The van der Waals surface area contributed by atoms with Crippen LogP contribution in [-0.4, -0.2) is 19.9 Å². The quantitative estimate of drug-likeness (QED) is 0.897. The van der Waals surface area contributed by atoms with Gasteiger partial charge in [-0.3, -0.25) is 9.67 Å². The van der Waals surface area contributed by atoms with Crippen molar-refractivity contribution in [3.63, 3.8) is 0 Å². The third-order valence-electron chi connectivity index (χ3n) is 3.40. The average Bonchev–Trinajstić information content (AvgIpc) is 2.81. The summed E-state index contributed by atoms with van der Waals surface area (Å²) in [6.45, 7) is 6.97. The Labute approximate surface area is 114 Å². The van der Waals surface area contributed by atoms with Crippen LogP contribution in [0.3, 0.4) is 0 Å². The zero-order valence-corrected chi connectivity index (χ0v) is 11.8. The van der Waals surface area contributed by atoms with Crippen LogP contribution in [0.5, 0.6) is 0 Å². The lowest BCUT2D eigenvalue weighted by Crippen LogP contribution is -2.09. The van der Waals surface area contributed by atoms with E-state index in [0.717, 1.165) is 35.5 Å². The molecule has 0 fully saturated rings. The number of aliphatic hydroxyl groups excluding tert-OH is 1. The maximum atomic E-state index is 10.4. The molecule has 4 nitrogen and oxygen atoms in total. The summed E-state index contributed by atoms with van der Waals surface area (Å²) in [5.74, 6) is 0. The lowest BCUT2D eigenvalue weighted by molar-refractivity contribution is 0.174. The van der Waals surface area contributed by atoms with Gasteiger partial charge in [0.15, 0.2) is 0 Å². The maximum absolute atomic E-state index is 10.4. The SMILES string of the molecule is CCc1cc(CC(O)c2ccncc2C)n(CC)n1. The molecule has 4 heteroatoms. The fourth-order valence-corrected chi connectivity index (χ4v) is 2.29. The largest absolute Gasteiger partial charge is 0.388 e. The summed E-state index contributed by atoms with van der Waals surface area (Å²) in [6.07, 6.45) is 4.51. The second-order valence-electron chi connectivity index (χ2n) is 4.75. The molecule has 0 saturated carbocycles. The molecule has 1 unspecified atom stereocenters. The number of hydrogen-bond acceptors (Lipinski definition) is 3. The Bertz CT molecular complexity index is 548. The van der Waals surface area contributed by atoms with Gasteiger partial charge in [0.05, 0.1) is 11.8 Å². The average molecular weight is 259 g/mol. The zero-order valence-electron chi connectivity index (χ0n) is 11.8. The molecule has 2 aromatic heterocycles. The standard InChI is InChI=1S/C15H21N3O/c1-4-12-8-13(18(5-2)17-12)9-15(19)14-6-7-16-10-11(14)3/h6-8,10,15,19H,4-5,9H2,1-3H3. The molecule has 0 amide bonds. The smallest absolute Gasteiger partial charge is 0.0848 e. The van der Waals surface area contributed by atoms with Crippen molar-refractivity contribution in [3.8, 4) is 0 Å². The van der Waals surface area contributed by atoms with Gasteiger partial charge in [-0.15, -0.1) is 0 Å². The summed E-state index contributed by atoms with van der Waals surface area (Å²) >= 11 is 0. The van der Waals surface area contributed by atoms with E-state index in [0.29, 0.717) is 6.42 Å². The van der Waals surface area contributed by atoms with Crippen LogP contribution in [0.15, 0.2) is 24.5 Å². The van der Waals surface area contributed by atoms with E-state index in [2.05, 4.69) is 30.0 Å². The van der Waals surface area contributed by atoms with Crippen LogP contribution in [0, 0.1) is 6.92 Å². The van der Waals surface area contributed by atoms with E-state index in [1.165, 1.54) is 0 Å². The summed E-state index contributed by atoms with van der Waals surface area (Å²) in [5.41, 5.74) is 4.13. The van der Waals surface area contributed by atoms with E-state index >= 15 is 0 Å². The van der Waals surface area contributed by atoms with Gasteiger partial charge in [0.2, 0.25) is 0 Å². The van der Waals surface area contributed by atoms with Crippen molar-refractivity contribution >= 4 is 0 Å². The Morgan fingerprint density at radius 1 is 1.37 bits per heavy atom. The van der Waals surface area contributed by atoms with Crippen molar-refractivity contribution in [3.05, 3.63) is 47.0 Å². The first-order valence-electron chi connectivity index (χ1n) is 6.79. The number of aromatic nitrogens is 3. The molecular weight excluding hydrogens is 238 g/mol. The molecule has 0 aliphatic heterocycles. The van der Waals surface area contributed by atoms with Crippen molar-refractivity contribution in [2.24, 2.45) is 0 Å². The highest BCUT2D eigenvalue weighted by atomic mass is 16.3. The Kier molecular flexibility index (Phi) is 4.32. The van der Waals surface area contributed by atoms with Crippen LogP contribution in [0.1, 0.15) is 42.5 Å². The second kappa shape index (κ2) is 5.97. The van der Waals surface area contributed by atoms with Gasteiger partial charge in [-0.25, -0.2) is 0 Å². The Balaban J connectivity index is 2.21. The van der Waals surface area contributed by atoms with Crippen molar-refractivity contribution in [2.75, 3.05) is 0 Å². The summed E-state index contributed by atoms with van der Waals surface area (Å²) < 4.78 is 1.97. The molecule has 0 radical (unpaired) electrons. The summed E-state index contributed by atoms with van der Waals surface area (Å²) in [5, 5.41) is 14.9. The summed E-state index contributed by atoms with van der Waals surface area (Å²) in [4.78, 5) is 4.06. The van der Waals surface area contributed by atoms with Gasteiger partial charge in [-0.05, 0) is 43.5 Å². The van der Waals surface area contributed by atoms with Crippen LogP contribution in [0.25, 0.3) is 0 Å². The van der Waals surface area contributed by atoms with Crippen molar-refractivity contribution in [2.45, 2.75) is 46.3 Å². The van der Waals surface area contributed by atoms with E-state index in [1.807, 2.05) is 17.7 Å². The molecule has 0 aliphatic rings. The summed E-state index contributed by atoms with van der Waals surface area (Å²) in [6, 6.07) is 3.97. The van der Waals surface area contributed by atoms with Gasteiger partial charge in [0, 0.05) is 31.1 Å². The number of aryl methyl sites for hydroxylation is 3. The van der Waals surface area contributed by atoms with Gasteiger partial charge in [0.25, 0.3) is 0 Å². The fraction of sp³-hybridized carbons (Fsp3) is 0.467. The minimum absolute atomic E-state index is 0.505. The Hall–Kier alpha value is -1.68. The number of pyridine rings is 1. The Morgan fingerprint density at radius 3 is 2.79 bits per heavy atom. The van der Waals surface area contributed by atoms with Gasteiger partial charge in [0.1, 0.15) is 0 Å². The van der Waals surface area contributed by atoms with E-state index < -0.39 is 6.10 Å².